The highest BCUT2D eigenvalue weighted by Crippen LogP contribution is 2.35. The Kier molecular flexibility index (Phi) is 10.5. The number of anilines is 3. The molecule has 10 heteroatoms. The number of nitrogens with zero attached hydrogens (tertiary/aromatic N) is 2. The van der Waals surface area contributed by atoms with Crippen LogP contribution in [0, 0.1) is 0 Å². The summed E-state index contributed by atoms with van der Waals surface area (Å²) in [5, 5.41) is 11.1. The molecule has 39 heavy (non-hydrogen) atoms. The maximum absolute atomic E-state index is 14.0. The van der Waals surface area contributed by atoms with Gasteiger partial charge in [-0.15, -0.1) is 12.4 Å². The van der Waals surface area contributed by atoms with Crippen molar-refractivity contribution in [1.82, 2.24) is 0 Å². The van der Waals surface area contributed by atoms with Crippen LogP contribution < -0.4 is 24.8 Å². The summed E-state index contributed by atoms with van der Waals surface area (Å²) in [6, 6.07) is 18.7. The van der Waals surface area contributed by atoms with Crippen LogP contribution in [-0.2, 0) is 11.2 Å². The van der Waals surface area contributed by atoms with Crippen molar-refractivity contribution < 1.29 is 24.2 Å². The van der Waals surface area contributed by atoms with Crippen molar-refractivity contribution in [1.29, 1.82) is 0 Å². The van der Waals surface area contributed by atoms with E-state index in [1.54, 1.807) is 18.2 Å². The van der Waals surface area contributed by atoms with E-state index in [1.165, 1.54) is 19.6 Å². The number of hydrogen-bond donors (Lipinski definition) is 2. The van der Waals surface area contributed by atoms with Crippen molar-refractivity contribution in [2.45, 2.75) is 38.6 Å². The number of carbonyl (C=O) groups excluding carboxylic acids is 1. The molecule has 1 amide bonds. The number of carbonyl (C=O) groups is 2. The molecule has 1 aliphatic heterocycles. The van der Waals surface area contributed by atoms with Crippen LogP contribution in [-0.4, -0.2) is 43.8 Å². The lowest BCUT2D eigenvalue weighted by molar-refractivity contribution is -0.117. The number of ether oxygens (including phenoxy) is 2. The lowest BCUT2D eigenvalue weighted by atomic mass is 10.0. The highest BCUT2D eigenvalue weighted by atomic mass is 79.9. The van der Waals surface area contributed by atoms with Crippen molar-refractivity contribution in [3.05, 3.63) is 76.3 Å². The van der Waals surface area contributed by atoms with Crippen molar-refractivity contribution in [3.63, 3.8) is 0 Å². The molecule has 0 saturated carbocycles. The topological polar surface area (TPSA) is 91.3 Å². The van der Waals surface area contributed by atoms with Crippen LogP contribution in [0.25, 0.3) is 0 Å². The molecule has 1 atom stereocenters. The van der Waals surface area contributed by atoms with Crippen LogP contribution in [0.5, 0.6) is 11.5 Å². The molecule has 0 bridgehead atoms. The molecule has 1 unspecified atom stereocenters. The number of hydrazine groups is 1. The van der Waals surface area contributed by atoms with E-state index in [1.807, 2.05) is 48.5 Å². The van der Waals surface area contributed by atoms with E-state index in [2.05, 4.69) is 33.2 Å². The van der Waals surface area contributed by atoms with Gasteiger partial charge in [0, 0.05) is 17.1 Å². The van der Waals surface area contributed by atoms with Gasteiger partial charge in [0.1, 0.15) is 17.1 Å². The number of para-hydroxylation sites is 2. The number of hydrogen-bond acceptors (Lipinski definition) is 6. The molecule has 8 nitrogen and oxygen atoms in total. The second-order valence-electron chi connectivity index (χ2n) is 9.22. The maximum atomic E-state index is 14.0. The summed E-state index contributed by atoms with van der Waals surface area (Å²) in [5.41, 5.74) is 6.38. The van der Waals surface area contributed by atoms with Crippen molar-refractivity contribution in [3.8, 4) is 11.5 Å². The molecule has 1 fully saturated rings. The summed E-state index contributed by atoms with van der Waals surface area (Å²) in [7, 11) is 3.02. The third-order valence-electron chi connectivity index (χ3n) is 6.76. The first-order valence-corrected chi connectivity index (χ1v) is 13.3. The summed E-state index contributed by atoms with van der Waals surface area (Å²) in [4.78, 5) is 27.9. The highest BCUT2D eigenvalue weighted by molar-refractivity contribution is 9.10. The summed E-state index contributed by atoms with van der Waals surface area (Å²) < 4.78 is 11.1. The first-order valence-electron chi connectivity index (χ1n) is 12.5. The number of rotatable bonds is 9. The molecule has 0 radical (unpaired) electrons. The number of aromatic carboxylic acids is 1. The fourth-order valence-corrected chi connectivity index (χ4v) is 5.20. The van der Waals surface area contributed by atoms with Gasteiger partial charge >= 0.3 is 5.97 Å². The van der Waals surface area contributed by atoms with E-state index in [-0.39, 0.29) is 36.0 Å². The van der Waals surface area contributed by atoms with Crippen LogP contribution in [0.15, 0.2) is 65.1 Å². The Balaban J connectivity index is 0.00000420. The Morgan fingerprint density at radius 3 is 2.44 bits per heavy atom. The van der Waals surface area contributed by atoms with Crippen LogP contribution in [0.1, 0.15) is 42.1 Å². The number of methoxy groups -OCH3 is 2. The Bertz CT molecular complexity index is 1300. The van der Waals surface area contributed by atoms with Crippen LogP contribution in [0.3, 0.4) is 0 Å². The molecular formula is C29H33BrClN3O5. The minimum absolute atomic E-state index is 0. The predicted molar refractivity (Wildman–Crippen MR) is 160 cm³/mol. The first-order chi connectivity index (χ1) is 18.3. The fourth-order valence-electron chi connectivity index (χ4n) is 4.71. The Labute approximate surface area is 243 Å². The molecule has 3 aromatic carbocycles. The van der Waals surface area contributed by atoms with E-state index in [9.17, 15) is 14.7 Å². The number of piperidine rings is 1. The normalized spacial score (nSPS) is 14.7. The van der Waals surface area contributed by atoms with Crippen LogP contribution in [0.2, 0.25) is 0 Å². The number of carboxylic acids is 1. The van der Waals surface area contributed by atoms with E-state index >= 15 is 0 Å². The molecule has 0 aliphatic carbocycles. The van der Waals surface area contributed by atoms with Gasteiger partial charge in [0.2, 0.25) is 5.91 Å². The van der Waals surface area contributed by atoms with Gasteiger partial charge in [0.05, 0.1) is 37.7 Å². The highest BCUT2D eigenvalue weighted by Gasteiger charge is 2.27. The summed E-state index contributed by atoms with van der Waals surface area (Å²) in [5.74, 6) is -0.414. The van der Waals surface area contributed by atoms with E-state index in [0.717, 1.165) is 36.4 Å². The smallest absolute Gasteiger partial charge is 0.339 e. The largest absolute Gasteiger partial charge is 0.497 e. The lowest BCUT2D eigenvalue weighted by Gasteiger charge is -2.38. The van der Waals surface area contributed by atoms with Gasteiger partial charge in [-0.3, -0.25) is 10.2 Å². The van der Waals surface area contributed by atoms with E-state index < -0.39 is 5.97 Å². The van der Waals surface area contributed by atoms with Gasteiger partial charge in [-0.25, -0.2) is 9.80 Å². The maximum Gasteiger partial charge on any atom is 0.339 e. The molecule has 4 rings (SSSR count). The van der Waals surface area contributed by atoms with Crippen LogP contribution in [0.4, 0.5) is 17.1 Å². The zero-order valence-electron chi connectivity index (χ0n) is 22.1. The average molecular weight is 619 g/mol. The average Bonchev–Trinajstić information content (AvgIpc) is 2.93. The second kappa shape index (κ2) is 13.6. The quantitative estimate of drug-likeness (QED) is 0.262. The number of nitrogens with one attached hydrogen (secondary N) is 1. The van der Waals surface area contributed by atoms with E-state index in [4.69, 9.17) is 9.47 Å². The number of amides is 1. The fraction of sp³-hybridized carbons (Fsp3) is 0.310. The molecule has 1 aliphatic rings. The van der Waals surface area contributed by atoms with Gasteiger partial charge in [0.15, 0.2) is 0 Å². The third kappa shape index (κ3) is 6.96. The van der Waals surface area contributed by atoms with Crippen molar-refractivity contribution in [2.24, 2.45) is 0 Å². The molecule has 1 heterocycles. The summed E-state index contributed by atoms with van der Waals surface area (Å²) in [6.45, 7) is 3.13. The number of halogens is 2. The van der Waals surface area contributed by atoms with Crippen molar-refractivity contribution in [2.75, 3.05) is 36.1 Å². The summed E-state index contributed by atoms with van der Waals surface area (Å²) >= 11 is 3.45. The molecule has 208 valence electrons. The Hall–Kier alpha value is -3.43. The minimum atomic E-state index is -1.10. The van der Waals surface area contributed by atoms with Crippen LogP contribution >= 0.6 is 28.3 Å². The standard InChI is InChI=1S/C29H32BrN3O5.ClH/c1-19-8-6-7-15-32(19)25-9-4-5-10-26(25)33(31-21-11-13-22(37-2)14-12-21)28(34)17-20-16-27(38-3)23(29(35)36)18-24(20)30;/h4-5,9-14,16,18-19,31H,6-8,15,17H2,1-3H3,(H,35,36);1H. The molecular weight excluding hydrogens is 586 g/mol. The van der Waals surface area contributed by atoms with Gasteiger partial charge < -0.3 is 19.5 Å². The Morgan fingerprint density at radius 2 is 1.79 bits per heavy atom. The van der Waals surface area contributed by atoms with Gasteiger partial charge in [-0.05, 0) is 80.3 Å². The second-order valence-corrected chi connectivity index (χ2v) is 10.1. The summed E-state index contributed by atoms with van der Waals surface area (Å²) in [6.07, 6.45) is 3.39. The van der Waals surface area contributed by atoms with Gasteiger partial charge in [-0.1, -0.05) is 28.1 Å². The van der Waals surface area contributed by atoms with Gasteiger partial charge in [0.25, 0.3) is 0 Å². The predicted octanol–water partition coefficient (Wildman–Crippen LogP) is 6.57. The molecule has 0 aromatic heterocycles. The Morgan fingerprint density at radius 1 is 1.08 bits per heavy atom. The van der Waals surface area contributed by atoms with E-state index in [0.29, 0.717) is 21.8 Å². The third-order valence-corrected chi connectivity index (χ3v) is 7.49. The van der Waals surface area contributed by atoms with Gasteiger partial charge in [-0.2, -0.15) is 0 Å². The SMILES string of the molecule is COc1ccc(NN(C(=O)Cc2cc(OC)c(C(=O)O)cc2Br)c2ccccc2N2CCCCC2C)cc1.Cl. The molecule has 0 spiro atoms. The number of benzene rings is 3. The molecule has 3 aromatic rings. The lowest BCUT2D eigenvalue weighted by Crippen LogP contribution is -2.42. The number of carboxylic acid groups (broad SMARTS) is 1. The van der Waals surface area contributed by atoms with Crippen molar-refractivity contribution >= 4 is 57.3 Å². The molecule has 2 N–H and O–H groups in total. The molecule has 1 saturated heterocycles. The zero-order chi connectivity index (χ0) is 27.2. The first kappa shape index (κ1) is 30.1. The minimum Gasteiger partial charge on any atom is -0.497 e. The zero-order valence-corrected chi connectivity index (χ0v) is 24.5. The monoisotopic (exact) mass is 617 g/mol.